The molecule has 5 nitrogen and oxygen atoms in total. The maximum absolute atomic E-state index is 12.1. The Morgan fingerprint density at radius 2 is 2.00 bits per heavy atom. The van der Waals surface area contributed by atoms with E-state index in [0.717, 1.165) is 24.3 Å². The predicted octanol–water partition coefficient (Wildman–Crippen LogP) is 2.14. The highest BCUT2D eigenvalue weighted by Crippen LogP contribution is 2.16. The molecular formula is C18H27N3O2. The van der Waals surface area contributed by atoms with Gasteiger partial charge in [-0.3, -0.25) is 9.59 Å². The van der Waals surface area contributed by atoms with Crippen molar-refractivity contribution in [2.75, 3.05) is 18.4 Å². The number of carbonyl (C=O) groups excluding carboxylic acids is 2. The molecule has 23 heavy (non-hydrogen) atoms. The summed E-state index contributed by atoms with van der Waals surface area (Å²) in [5, 5.41) is 9.07. The van der Waals surface area contributed by atoms with E-state index in [1.165, 1.54) is 0 Å². The van der Waals surface area contributed by atoms with E-state index in [1.54, 1.807) is 0 Å². The van der Waals surface area contributed by atoms with Crippen LogP contribution in [0.1, 0.15) is 32.8 Å². The van der Waals surface area contributed by atoms with Crippen molar-refractivity contribution in [2.45, 2.75) is 33.7 Å². The Kier molecular flexibility index (Phi) is 6.16. The maximum atomic E-state index is 12.1. The van der Waals surface area contributed by atoms with E-state index >= 15 is 0 Å². The first-order valence-corrected chi connectivity index (χ1v) is 8.33. The van der Waals surface area contributed by atoms with Gasteiger partial charge in [0.15, 0.2) is 0 Å². The lowest BCUT2D eigenvalue weighted by Crippen LogP contribution is -2.49. The number of rotatable bonds is 7. The molecular weight excluding hydrogens is 290 g/mol. The van der Waals surface area contributed by atoms with Crippen LogP contribution in [0.3, 0.4) is 0 Å². The van der Waals surface area contributed by atoms with Gasteiger partial charge in [-0.05, 0) is 42.6 Å². The molecule has 1 heterocycles. The normalized spacial score (nSPS) is 15.8. The lowest BCUT2D eigenvalue weighted by molar-refractivity contribution is -0.126. The van der Waals surface area contributed by atoms with Gasteiger partial charge in [0.05, 0.1) is 0 Å². The van der Waals surface area contributed by atoms with Gasteiger partial charge in [-0.25, -0.2) is 0 Å². The smallest absolute Gasteiger partial charge is 0.224 e. The van der Waals surface area contributed by atoms with Crippen LogP contribution in [0.2, 0.25) is 0 Å². The van der Waals surface area contributed by atoms with E-state index < -0.39 is 0 Å². The molecule has 1 aromatic carbocycles. The molecule has 2 rings (SSSR count). The Labute approximate surface area is 138 Å². The fraction of sp³-hybridized carbons (Fsp3) is 0.556. The summed E-state index contributed by atoms with van der Waals surface area (Å²) in [6.07, 6.45) is 0.508. The Morgan fingerprint density at radius 1 is 1.26 bits per heavy atom. The Morgan fingerprint density at radius 3 is 2.61 bits per heavy atom. The molecule has 3 N–H and O–H groups in total. The lowest BCUT2D eigenvalue weighted by atomic mass is 9.88. The highest BCUT2D eigenvalue weighted by Gasteiger charge is 2.28. The van der Waals surface area contributed by atoms with Crippen LogP contribution >= 0.6 is 0 Å². The summed E-state index contributed by atoms with van der Waals surface area (Å²) < 4.78 is 0. The fourth-order valence-corrected chi connectivity index (χ4v) is 2.57. The van der Waals surface area contributed by atoms with E-state index in [9.17, 15) is 9.59 Å². The zero-order valence-corrected chi connectivity index (χ0v) is 14.2. The molecule has 126 valence electrons. The summed E-state index contributed by atoms with van der Waals surface area (Å²) in [5.41, 5.74) is 1.76. The number of benzene rings is 1. The van der Waals surface area contributed by atoms with Gasteiger partial charge >= 0.3 is 0 Å². The third kappa shape index (κ3) is 5.36. The Hall–Kier alpha value is -1.88. The summed E-state index contributed by atoms with van der Waals surface area (Å²) in [7, 11) is 0. The second kappa shape index (κ2) is 8.11. The van der Waals surface area contributed by atoms with Gasteiger partial charge in [0.1, 0.15) is 0 Å². The van der Waals surface area contributed by atoms with Gasteiger partial charge in [-0.1, -0.05) is 32.9 Å². The molecule has 1 atom stereocenters. The SMILES string of the molecule is CC(C)CC(=O)Nc1cccc(CNC(=O)C(C)C2CNC2)c1. The van der Waals surface area contributed by atoms with Crippen LogP contribution in [0.15, 0.2) is 24.3 Å². The van der Waals surface area contributed by atoms with E-state index in [4.69, 9.17) is 0 Å². The molecule has 1 unspecified atom stereocenters. The molecule has 0 bridgehead atoms. The summed E-state index contributed by atoms with van der Waals surface area (Å²) in [6.45, 7) is 8.34. The number of hydrogen-bond donors (Lipinski definition) is 3. The van der Waals surface area contributed by atoms with Crippen molar-refractivity contribution >= 4 is 17.5 Å². The van der Waals surface area contributed by atoms with E-state index in [2.05, 4.69) is 16.0 Å². The third-order valence-electron chi connectivity index (χ3n) is 4.20. The first kappa shape index (κ1) is 17.5. The number of carbonyl (C=O) groups is 2. The number of amides is 2. The molecule has 1 aliphatic rings. The second-order valence-corrected chi connectivity index (χ2v) is 6.77. The van der Waals surface area contributed by atoms with Gasteiger partial charge in [0.25, 0.3) is 0 Å². The van der Waals surface area contributed by atoms with Gasteiger partial charge in [0, 0.05) is 24.6 Å². The summed E-state index contributed by atoms with van der Waals surface area (Å²) in [6, 6.07) is 7.62. The molecule has 1 aromatic rings. The molecule has 0 aromatic heterocycles. The van der Waals surface area contributed by atoms with Crippen LogP contribution < -0.4 is 16.0 Å². The molecule has 0 saturated carbocycles. The van der Waals surface area contributed by atoms with Gasteiger partial charge < -0.3 is 16.0 Å². The second-order valence-electron chi connectivity index (χ2n) is 6.77. The van der Waals surface area contributed by atoms with Crippen molar-refractivity contribution in [1.82, 2.24) is 10.6 Å². The summed E-state index contributed by atoms with van der Waals surface area (Å²) in [5.74, 6) is 0.917. The van der Waals surface area contributed by atoms with Crippen molar-refractivity contribution in [3.8, 4) is 0 Å². The first-order valence-electron chi connectivity index (χ1n) is 8.33. The highest BCUT2D eigenvalue weighted by atomic mass is 16.2. The molecule has 1 saturated heterocycles. The van der Waals surface area contributed by atoms with Crippen molar-refractivity contribution < 1.29 is 9.59 Å². The molecule has 1 fully saturated rings. The number of hydrogen-bond acceptors (Lipinski definition) is 3. The topological polar surface area (TPSA) is 70.2 Å². The summed E-state index contributed by atoms with van der Waals surface area (Å²) in [4.78, 5) is 23.9. The minimum atomic E-state index is 0.0206. The predicted molar refractivity (Wildman–Crippen MR) is 91.9 cm³/mol. The zero-order valence-electron chi connectivity index (χ0n) is 14.2. The van der Waals surface area contributed by atoms with Crippen LogP contribution in [0, 0.1) is 17.8 Å². The van der Waals surface area contributed by atoms with Crippen molar-refractivity contribution in [2.24, 2.45) is 17.8 Å². The van der Waals surface area contributed by atoms with Crippen LogP contribution in [-0.2, 0) is 16.1 Å². The van der Waals surface area contributed by atoms with Crippen molar-refractivity contribution in [3.63, 3.8) is 0 Å². The van der Waals surface area contributed by atoms with E-state index in [1.807, 2.05) is 45.0 Å². The zero-order chi connectivity index (χ0) is 16.8. The average molecular weight is 317 g/mol. The number of nitrogens with one attached hydrogen (secondary N) is 3. The van der Waals surface area contributed by atoms with Crippen LogP contribution in [0.4, 0.5) is 5.69 Å². The first-order chi connectivity index (χ1) is 11.0. The van der Waals surface area contributed by atoms with Crippen LogP contribution in [0.5, 0.6) is 0 Å². The number of anilines is 1. The Bertz CT molecular complexity index is 553. The van der Waals surface area contributed by atoms with Crippen molar-refractivity contribution in [3.05, 3.63) is 29.8 Å². The van der Waals surface area contributed by atoms with E-state index in [-0.39, 0.29) is 17.7 Å². The molecule has 0 spiro atoms. The van der Waals surface area contributed by atoms with Crippen LogP contribution in [0.25, 0.3) is 0 Å². The van der Waals surface area contributed by atoms with Gasteiger partial charge in [-0.2, -0.15) is 0 Å². The lowest BCUT2D eigenvalue weighted by Gasteiger charge is -2.31. The quantitative estimate of drug-likeness (QED) is 0.721. The standard InChI is InChI=1S/C18H27N3O2/c1-12(2)7-17(22)21-16-6-4-5-14(8-16)9-20-18(23)13(3)15-10-19-11-15/h4-6,8,12-13,15,19H,7,9-11H2,1-3H3,(H,20,23)(H,21,22). The van der Waals surface area contributed by atoms with Crippen LogP contribution in [-0.4, -0.2) is 24.9 Å². The summed E-state index contributed by atoms with van der Waals surface area (Å²) >= 11 is 0. The Balaban J connectivity index is 1.84. The van der Waals surface area contributed by atoms with Gasteiger partial charge in [-0.15, -0.1) is 0 Å². The van der Waals surface area contributed by atoms with Crippen molar-refractivity contribution in [1.29, 1.82) is 0 Å². The average Bonchev–Trinajstić information content (AvgIpc) is 2.42. The van der Waals surface area contributed by atoms with Gasteiger partial charge in [0.2, 0.25) is 11.8 Å². The minimum absolute atomic E-state index is 0.0206. The molecule has 5 heteroatoms. The molecule has 2 amide bonds. The third-order valence-corrected chi connectivity index (χ3v) is 4.20. The van der Waals surface area contributed by atoms with E-state index in [0.29, 0.717) is 24.8 Å². The molecule has 1 aliphatic heterocycles. The highest BCUT2D eigenvalue weighted by molar-refractivity contribution is 5.90. The monoisotopic (exact) mass is 317 g/mol. The minimum Gasteiger partial charge on any atom is -0.352 e. The maximum Gasteiger partial charge on any atom is 0.224 e. The largest absolute Gasteiger partial charge is 0.352 e. The fourth-order valence-electron chi connectivity index (χ4n) is 2.57. The molecule has 0 aliphatic carbocycles. The molecule has 0 radical (unpaired) electrons.